The number of fused-ring (bicyclic) bond motifs is 1. The van der Waals surface area contributed by atoms with Gasteiger partial charge in [-0.15, -0.1) is 0 Å². The van der Waals surface area contributed by atoms with E-state index in [4.69, 9.17) is 4.98 Å². The highest BCUT2D eigenvalue weighted by atomic mass is 32.2. The van der Waals surface area contributed by atoms with Crippen LogP contribution in [0.4, 0.5) is 0 Å². The molecule has 1 aromatic carbocycles. The number of aromatic nitrogens is 1. The van der Waals surface area contributed by atoms with Gasteiger partial charge in [0.05, 0.1) is 22.6 Å². The fourth-order valence-electron chi connectivity index (χ4n) is 4.19. The van der Waals surface area contributed by atoms with E-state index in [1.165, 1.54) is 0 Å². The molecule has 28 heavy (non-hydrogen) atoms. The Morgan fingerprint density at radius 1 is 1.14 bits per heavy atom. The number of nitrogens with zero attached hydrogens (tertiary/aromatic N) is 3. The molecule has 2 saturated heterocycles. The van der Waals surface area contributed by atoms with Gasteiger partial charge in [0.15, 0.2) is 9.84 Å². The van der Waals surface area contributed by atoms with Crippen LogP contribution in [-0.2, 0) is 9.84 Å². The van der Waals surface area contributed by atoms with Gasteiger partial charge in [-0.05, 0) is 24.5 Å². The van der Waals surface area contributed by atoms with E-state index in [9.17, 15) is 13.2 Å². The average molecular weight is 402 g/mol. The minimum absolute atomic E-state index is 0.0409. The fraction of sp³-hybridized carbons (Fsp3) is 0.524. The molecule has 0 saturated carbocycles. The summed E-state index contributed by atoms with van der Waals surface area (Å²) in [6.45, 7) is 6.88. The highest BCUT2D eigenvalue weighted by Gasteiger charge is 2.34. The maximum Gasteiger partial charge on any atom is 0.254 e. The van der Waals surface area contributed by atoms with Crippen molar-refractivity contribution in [2.45, 2.75) is 32.2 Å². The quantitative estimate of drug-likeness (QED) is 0.789. The lowest BCUT2D eigenvalue weighted by Crippen LogP contribution is -2.52. The third kappa shape index (κ3) is 3.78. The first-order valence-corrected chi connectivity index (χ1v) is 11.8. The third-order valence-corrected chi connectivity index (χ3v) is 7.63. The summed E-state index contributed by atoms with van der Waals surface area (Å²) in [5.74, 6) is 0.836. The summed E-state index contributed by atoms with van der Waals surface area (Å²) >= 11 is 0. The molecule has 2 aliphatic rings. The van der Waals surface area contributed by atoms with E-state index in [1.54, 1.807) is 0 Å². The summed E-state index contributed by atoms with van der Waals surface area (Å²) in [7, 11) is -2.88. The number of amides is 1. The van der Waals surface area contributed by atoms with Gasteiger partial charge in [0.2, 0.25) is 0 Å². The molecule has 0 radical (unpaired) electrons. The summed E-state index contributed by atoms with van der Waals surface area (Å²) in [4.78, 5) is 22.1. The summed E-state index contributed by atoms with van der Waals surface area (Å²) in [6.07, 6.45) is 0.711. The summed E-state index contributed by atoms with van der Waals surface area (Å²) < 4.78 is 23.5. The molecule has 1 unspecified atom stereocenters. The van der Waals surface area contributed by atoms with Gasteiger partial charge in [-0.1, -0.05) is 32.0 Å². The minimum Gasteiger partial charge on any atom is -0.336 e. The predicted octanol–water partition coefficient (Wildman–Crippen LogP) is 2.30. The number of piperazine rings is 1. The molecule has 0 N–H and O–H groups in total. The SMILES string of the molecule is CC(C)c1cc(C(=O)N2CCN(C3CCS(=O)(=O)C3)CC2)c2ccccc2n1. The molecule has 1 aromatic heterocycles. The van der Waals surface area contributed by atoms with Crippen molar-refractivity contribution in [2.75, 3.05) is 37.7 Å². The average Bonchev–Trinajstić information content (AvgIpc) is 3.06. The Hall–Kier alpha value is -1.99. The normalized spacial score (nSPS) is 22.8. The van der Waals surface area contributed by atoms with Gasteiger partial charge in [-0.25, -0.2) is 8.42 Å². The van der Waals surface area contributed by atoms with E-state index in [2.05, 4.69) is 18.7 Å². The first-order valence-electron chi connectivity index (χ1n) is 9.97. The Morgan fingerprint density at radius 2 is 1.86 bits per heavy atom. The van der Waals surface area contributed by atoms with Crippen LogP contribution in [0.2, 0.25) is 0 Å². The van der Waals surface area contributed by atoms with Crippen LogP contribution in [0.1, 0.15) is 42.2 Å². The van der Waals surface area contributed by atoms with Crippen LogP contribution < -0.4 is 0 Å². The Morgan fingerprint density at radius 3 is 2.50 bits per heavy atom. The van der Waals surface area contributed by atoms with Crippen molar-refractivity contribution in [1.82, 2.24) is 14.8 Å². The number of carbonyl (C=O) groups excluding carboxylic acids is 1. The van der Waals surface area contributed by atoms with Gasteiger partial charge in [-0.2, -0.15) is 0 Å². The highest BCUT2D eigenvalue weighted by Crippen LogP contribution is 2.25. The first kappa shape index (κ1) is 19.3. The topological polar surface area (TPSA) is 70.6 Å². The molecular formula is C21H27N3O3S. The van der Waals surface area contributed by atoms with Crippen LogP contribution in [-0.4, -0.2) is 72.8 Å². The van der Waals surface area contributed by atoms with Crippen molar-refractivity contribution >= 4 is 26.6 Å². The number of sulfone groups is 1. The number of hydrogen-bond acceptors (Lipinski definition) is 5. The lowest BCUT2D eigenvalue weighted by molar-refractivity contribution is 0.0589. The van der Waals surface area contributed by atoms with E-state index in [1.807, 2.05) is 35.2 Å². The monoisotopic (exact) mass is 401 g/mol. The zero-order valence-corrected chi connectivity index (χ0v) is 17.3. The van der Waals surface area contributed by atoms with Crippen molar-refractivity contribution in [2.24, 2.45) is 0 Å². The zero-order valence-electron chi connectivity index (χ0n) is 16.5. The molecule has 0 aliphatic carbocycles. The molecule has 150 valence electrons. The van der Waals surface area contributed by atoms with Crippen LogP contribution in [0, 0.1) is 0 Å². The van der Waals surface area contributed by atoms with Crippen LogP contribution in [0.3, 0.4) is 0 Å². The number of rotatable bonds is 3. The van der Waals surface area contributed by atoms with Crippen molar-refractivity contribution in [3.8, 4) is 0 Å². The van der Waals surface area contributed by atoms with Gasteiger partial charge in [0.25, 0.3) is 5.91 Å². The Labute approximate surface area is 166 Å². The van der Waals surface area contributed by atoms with Crippen LogP contribution in [0.5, 0.6) is 0 Å². The van der Waals surface area contributed by atoms with E-state index in [0.717, 1.165) is 29.7 Å². The van der Waals surface area contributed by atoms with Crippen molar-refractivity contribution < 1.29 is 13.2 Å². The van der Waals surface area contributed by atoms with Crippen molar-refractivity contribution in [3.05, 3.63) is 41.6 Å². The number of pyridine rings is 1. The minimum atomic E-state index is -2.88. The third-order valence-electron chi connectivity index (χ3n) is 5.88. The molecule has 1 amide bonds. The summed E-state index contributed by atoms with van der Waals surface area (Å²) in [5.41, 5.74) is 2.50. The van der Waals surface area contributed by atoms with Crippen molar-refractivity contribution in [3.63, 3.8) is 0 Å². The number of para-hydroxylation sites is 1. The largest absolute Gasteiger partial charge is 0.336 e. The van der Waals surface area contributed by atoms with Gasteiger partial charge >= 0.3 is 0 Å². The van der Waals surface area contributed by atoms with Crippen LogP contribution in [0.15, 0.2) is 30.3 Å². The summed E-state index contributed by atoms with van der Waals surface area (Å²) in [5, 5.41) is 0.890. The summed E-state index contributed by atoms with van der Waals surface area (Å²) in [6, 6.07) is 9.84. The van der Waals surface area contributed by atoms with E-state index < -0.39 is 9.84 Å². The van der Waals surface area contributed by atoms with Gasteiger partial charge < -0.3 is 4.90 Å². The van der Waals surface area contributed by atoms with Crippen LogP contribution in [0.25, 0.3) is 10.9 Å². The molecule has 0 bridgehead atoms. The number of carbonyl (C=O) groups is 1. The molecule has 2 fully saturated rings. The van der Waals surface area contributed by atoms with Gasteiger partial charge in [0.1, 0.15) is 0 Å². The number of hydrogen-bond donors (Lipinski definition) is 0. The standard InChI is InChI=1S/C21H27N3O3S/c1-15(2)20-13-18(17-5-3-4-6-19(17)22-20)21(25)24-10-8-23(9-11-24)16-7-12-28(26,27)14-16/h3-6,13,15-16H,7-12,14H2,1-2H3. The zero-order chi connectivity index (χ0) is 19.9. The second kappa shape index (κ2) is 7.44. The smallest absolute Gasteiger partial charge is 0.254 e. The molecule has 0 spiro atoms. The predicted molar refractivity (Wildman–Crippen MR) is 110 cm³/mol. The van der Waals surface area contributed by atoms with Crippen LogP contribution >= 0.6 is 0 Å². The van der Waals surface area contributed by atoms with E-state index in [0.29, 0.717) is 25.1 Å². The molecular weight excluding hydrogens is 374 g/mol. The molecule has 1 atom stereocenters. The molecule has 7 heteroatoms. The molecule has 4 rings (SSSR count). The van der Waals surface area contributed by atoms with Gasteiger partial charge in [-0.3, -0.25) is 14.7 Å². The Balaban J connectivity index is 1.53. The second-order valence-corrected chi connectivity index (χ2v) is 10.4. The molecule has 2 aliphatic heterocycles. The molecule has 3 heterocycles. The highest BCUT2D eigenvalue weighted by molar-refractivity contribution is 7.91. The first-order chi connectivity index (χ1) is 13.3. The molecule has 2 aromatic rings. The lowest BCUT2D eigenvalue weighted by atomic mass is 10.0. The van der Waals surface area contributed by atoms with Crippen molar-refractivity contribution in [1.29, 1.82) is 0 Å². The molecule has 6 nitrogen and oxygen atoms in total. The maximum absolute atomic E-state index is 13.3. The van der Waals surface area contributed by atoms with Gasteiger partial charge in [0, 0.05) is 43.3 Å². The number of benzene rings is 1. The Kier molecular flexibility index (Phi) is 5.14. The Bertz CT molecular complexity index is 995. The van der Waals surface area contributed by atoms with E-state index >= 15 is 0 Å². The fourth-order valence-corrected chi connectivity index (χ4v) is 5.95. The lowest BCUT2D eigenvalue weighted by Gasteiger charge is -2.37. The van der Waals surface area contributed by atoms with E-state index in [-0.39, 0.29) is 29.4 Å². The maximum atomic E-state index is 13.3. The second-order valence-electron chi connectivity index (χ2n) is 8.15.